The number of sulfonamides is 1. The van der Waals surface area contributed by atoms with Crippen molar-refractivity contribution >= 4 is 39.1 Å². The Labute approximate surface area is 208 Å². The topological polar surface area (TPSA) is 86.8 Å². The van der Waals surface area contributed by atoms with Gasteiger partial charge in [0, 0.05) is 31.1 Å². The van der Waals surface area contributed by atoms with Gasteiger partial charge in [-0.15, -0.1) is 0 Å². The van der Waals surface area contributed by atoms with E-state index in [-0.39, 0.29) is 31.3 Å². The quantitative estimate of drug-likeness (QED) is 0.497. The minimum Gasteiger partial charge on any atom is -0.355 e. The van der Waals surface area contributed by atoms with Crippen LogP contribution < -0.4 is 9.62 Å². The van der Waals surface area contributed by atoms with E-state index < -0.39 is 16.1 Å². The molecule has 0 unspecified atom stereocenters. The number of amides is 2. The van der Waals surface area contributed by atoms with E-state index >= 15 is 0 Å². The highest BCUT2D eigenvalue weighted by Gasteiger charge is 2.27. The Morgan fingerprint density at radius 3 is 2.38 bits per heavy atom. The molecule has 0 bridgehead atoms. The lowest BCUT2D eigenvalue weighted by molar-refractivity contribution is -0.140. The molecule has 2 aromatic carbocycles. The summed E-state index contributed by atoms with van der Waals surface area (Å²) in [5, 5.41) is 3.27. The maximum absolute atomic E-state index is 13.2. The van der Waals surface area contributed by atoms with Gasteiger partial charge in [0.1, 0.15) is 6.04 Å². The molecule has 34 heavy (non-hydrogen) atoms. The molecule has 0 aliphatic heterocycles. The summed E-state index contributed by atoms with van der Waals surface area (Å²) in [6.45, 7) is 8.10. The van der Waals surface area contributed by atoms with Crippen molar-refractivity contribution in [2.24, 2.45) is 0 Å². The van der Waals surface area contributed by atoms with Gasteiger partial charge in [-0.3, -0.25) is 13.9 Å². The molecule has 0 aliphatic rings. The number of hydrogen-bond donors (Lipinski definition) is 1. The number of rotatable bonds is 11. The first-order valence-corrected chi connectivity index (χ1v) is 13.5. The number of nitrogens with zero attached hydrogens (tertiary/aromatic N) is 2. The highest BCUT2D eigenvalue weighted by atomic mass is 35.5. The predicted octanol–water partition coefficient (Wildman–Crippen LogP) is 4.06. The maximum atomic E-state index is 13.2. The van der Waals surface area contributed by atoms with Gasteiger partial charge in [-0.2, -0.15) is 0 Å². The first-order chi connectivity index (χ1) is 16.0. The smallest absolute Gasteiger partial charge is 0.242 e. The Balaban J connectivity index is 2.20. The van der Waals surface area contributed by atoms with E-state index in [1.807, 2.05) is 45.0 Å². The van der Waals surface area contributed by atoms with Crippen molar-refractivity contribution in [3.8, 4) is 0 Å². The number of halogens is 1. The molecule has 2 aromatic rings. The van der Waals surface area contributed by atoms with Crippen LogP contribution in [-0.2, 0) is 26.2 Å². The van der Waals surface area contributed by atoms with Gasteiger partial charge in [0.25, 0.3) is 0 Å². The molecule has 9 heteroatoms. The number of hydrogen-bond acceptors (Lipinski definition) is 4. The van der Waals surface area contributed by atoms with Crippen molar-refractivity contribution in [3.63, 3.8) is 0 Å². The highest BCUT2D eigenvalue weighted by molar-refractivity contribution is 7.92. The number of nitrogens with one attached hydrogen (secondary N) is 1. The number of carbonyl (C=O) groups excluding carboxylic acids is 2. The highest BCUT2D eigenvalue weighted by Crippen LogP contribution is 2.26. The van der Waals surface area contributed by atoms with E-state index in [4.69, 9.17) is 11.6 Å². The zero-order valence-electron chi connectivity index (χ0n) is 20.5. The monoisotopic (exact) mass is 507 g/mol. The summed E-state index contributed by atoms with van der Waals surface area (Å²) in [7, 11) is -3.54. The SMILES string of the molecule is CCNC(=O)[C@H](C)N(Cc1ccccc1Cl)C(=O)CCCN(c1cccc(C)c1C)S(C)(=O)=O. The second-order valence-corrected chi connectivity index (χ2v) is 10.7. The van der Waals surface area contributed by atoms with E-state index in [9.17, 15) is 18.0 Å². The van der Waals surface area contributed by atoms with Gasteiger partial charge in [0.15, 0.2) is 0 Å². The van der Waals surface area contributed by atoms with E-state index in [2.05, 4.69) is 5.32 Å². The lowest BCUT2D eigenvalue weighted by atomic mass is 10.1. The average molecular weight is 508 g/mol. The van der Waals surface area contributed by atoms with Gasteiger partial charge in [-0.1, -0.05) is 41.9 Å². The summed E-state index contributed by atoms with van der Waals surface area (Å²) in [6.07, 6.45) is 1.56. The second kappa shape index (κ2) is 12.2. The fourth-order valence-electron chi connectivity index (χ4n) is 3.70. The fraction of sp³-hybridized carbons (Fsp3) is 0.440. The Morgan fingerprint density at radius 1 is 1.09 bits per heavy atom. The predicted molar refractivity (Wildman–Crippen MR) is 137 cm³/mol. The van der Waals surface area contributed by atoms with Gasteiger partial charge in [0.2, 0.25) is 21.8 Å². The van der Waals surface area contributed by atoms with Crippen LogP contribution in [0.4, 0.5) is 5.69 Å². The Bertz CT molecular complexity index is 1120. The van der Waals surface area contributed by atoms with Crippen LogP contribution in [0, 0.1) is 13.8 Å². The Morgan fingerprint density at radius 2 is 1.76 bits per heavy atom. The maximum Gasteiger partial charge on any atom is 0.242 e. The van der Waals surface area contributed by atoms with Crippen molar-refractivity contribution in [1.82, 2.24) is 10.2 Å². The van der Waals surface area contributed by atoms with Gasteiger partial charge in [0.05, 0.1) is 11.9 Å². The molecule has 0 radical (unpaired) electrons. The Hall–Kier alpha value is -2.58. The van der Waals surface area contributed by atoms with Crippen molar-refractivity contribution in [2.75, 3.05) is 23.7 Å². The Kier molecular flexibility index (Phi) is 9.94. The molecule has 186 valence electrons. The third kappa shape index (κ3) is 7.21. The van der Waals surface area contributed by atoms with E-state index in [0.717, 1.165) is 22.9 Å². The standard InChI is InChI=1S/C25H34ClN3O4S/c1-6-27-25(31)20(4)28(17-21-12-7-8-13-22(21)26)24(30)15-10-16-29(34(5,32)33)23-14-9-11-18(2)19(23)3/h7-9,11-14,20H,6,10,15-17H2,1-5H3,(H,27,31)/t20-/m0/s1. The molecule has 7 nitrogen and oxygen atoms in total. The third-order valence-electron chi connectivity index (χ3n) is 5.81. The second-order valence-electron chi connectivity index (χ2n) is 8.34. The zero-order valence-corrected chi connectivity index (χ0v) is 22.0. The van der Waals surface area contributed by atoms with Crippen LogP contribution >= 0.6 is 11.6 Å². The summed E-state index contributed by atoms with van der Waals surface area (Å²) in [4.78, 5) is 27.2. The summed E-state index contributed by atoms with van der Waals surface area (Å²) in [6, 6.07) is 12.0. The minimum absolute atomic E-state index is 0.0884. The van der Waals surface area contributed by atoms with E-state index in [1.54, 1.807) is 25.1 Å². The normalized spacial score (nSPS) is 12.2. The number of benzene rings is 2. The molecule has 0 heterocycles. The third-order valence-corrected chi connectivity index (χ3v) is 7.36. The average Bonchev–Trinajstić information content (AvgIpc) is 2.77. The van der Waals surface area contributed by atoms with Crippen molar-refractivity contribution < 1.29 is 18.0 Å². The zero-order chi connectivity index (χ0) is 25.5. The molecule has 0 aromatic heterocycles. The number of anilines is 1. The number of carbonyl (C=O) groups is 2. The van der Waals surface area contributed by atoms with Crippen molar-refractivity contribution in [1.29, 1.82) is 0 Å². The fourth-order valence-corrected chi connectivity index (χ4v) is 4.91. The van der Waals surface area contributed by atoms with Crippen LogP contribution in [-0.4, -0.2) is 50.5 Å². The molecule has 2 amide bonds. The van der Waals surface area contributed by atoms with Gasteiger partial charge in [-0.25, -0.2) is 8.42 Å². The first-order valence-electron chi connectivity index (χ1n) is 11.3. The molecule has 1 atom stereocenters. The van der Waals surface area contributed by atoms with E-state index in [1.165, 1.54) is 9.21 Å². The van der Waals surface area contributed by atoms with E-state index in [0.29, 0.717) is 23.7 Å². The van der Waals surface area contributed by atoms with Crippen LogP contribution in [0.1, 0.15) is 43.4 Å². The number of likely N-dealkylation sites (N-methyl/N-ethyl adjacent to an activating group) is 1. The summed E-state index contributed by atoms with van der Waals surface area (Å²) < 4.78 is 26.4. The van der Waals surface area contributed by atoms with Crippen LogP contribution in [0.2, 0.25) is 5.02 Å². The molecule has 0 saturated heterocycles. The molecule has 0 spiro atoms. The molecular weight excluding hydrogens is 474 g/mol. The van der Waals surface area contributed by atoms with Gasteiger partial charge < -0.3 is 10.2 Å². The van der Waals surface area contributed by atoms with Crippen molar-refractivity contribution in [2.45, 2.75) is 53.1 Å². The summed E-state index contributed by atoms with van der Waals surface area (Å²) in [5.74, 6) is -0.496. The van der Waals surface area contributed by atoms with Gasteiger partial charge >= 0.3 is 0 Å². The van der Waals surface area contributed by atoms with Crippen LogP contribution in [0.3, 0.4) is 0 Å². The molecule has 0 aliphatic carbocycles. The summed E-state index contributed by atoms with van der Waals surface area (Å²) in [5.41, 5.74) is 3.22. The molecular formula is C25H34ClN3O4S. The molecule has 1 N–H and O–H groups in total. The largest absolute Gasteiger partial charge is 0.355 e. The lowest BCUT2D eigenvalue weighted by Crippen LogP contribution is -2.47. The van der Waals surface area contributed by atoms with Crippen LogP contribution in [0.15, 0.2) is 42.5 Å². The molecule has 0 saturated carbocycles. The summed E-state index contributed by atoms with van der Waals surface area (Å²) >= 11 is 6.30. The molecule has 0 fully saturated rings. The minimum atomic E-state index is -3.54. The first kappa shape index (κ1) is 27.7. The lowest BCUT2D eigenvalue weighted by Gasteiger charge is -2.30. The van der Waals surface area contributed by atoms with Crippen molar-refractivity contribution in [3.05, 3.63) is 64.2 Å². The number of aryl methyl sites for hydroxylation is 1. The van der Waals surface area contributed by atoms with Gasteiger partial charge in [-0.05, 0) is 62.9 Å². The van der Waals surface area contributed by atoms with Crippen LogP contribution in [0.25, 0.3) is 0 Å². The van der Waals surface area contributed by atoms with Crippen LogP contribution in [0.5, 0.6) is 0 Å². The molecule has 2 rings (SSSR count).